The lowest BCUT2D eigenvalue weighted by molar-refractivity contribution is 0.122. The summed E-state index contributed by atoms with van der Waals surface area (Å²) < 4.78 is 5.51. The molecule has 3 heterocycles. The summed E-state index contributed by atoms with van der Waals surface area (Å²) in [4.78, 5) is 15.2. The molecule has 0 unspecified atom stereocenters. The zero-order valence-corrected chi connectivity index (χ0v) is 19.5. The number of anilines is 2. The van der Waals surface area contributed by atoms with Crippen molar-refractivity contribution >= 4 is 34.1 Å². The number of aliphatic imine (C=N–C) groups is 1. The second-order valence-corrected chi connectivity index (χ2v) is 9.43. The first-order valence-electron chi connectivity index (χ1n) is 11.4. The molecule has 33 heavy (non-hydrogen) atoms. The van der Waals surface area contributed by atoms with Gasteiger partial charge in [-0.3, -0.25) is 4.99 Å². The van der Waals surface area contributed by atoms with Gasteiger partial charge in [0.05, 0.1) is 18.9 Å². The van der Waals surface area contributed by atoms with Crippen molar-refractivity contribution in [2.45, 2.75) is 19.4 Å². The Bertz CT molecular complexity index is 1130. The van der Waals surface area contributed by atoms with Gasteiger partial charge in [0.25, 0.3) is 0 Å². The maximum Gasteiger partial charge on any atom is 0.185 e. The van der Waals surface area contributed by atoms with E-state index in [1.165, 1.54) is 33.5 Å². The highest BCUT2D eigenvalue weighted by Gasteiger charge is 2.21. The third-order valence-corrected chi connectivity index (χ3v) is 7.18. The minimum atomic E-state index is 0.812. The maximum absolute atomic E-state index is 5.51. The number of ether oxygens (including phenoxy) is 1. The summed E-state index contributed by atoms with van der Waals surface area (Å²) >= 11 is 1.80. The van der Waals surface area contributed by atoms with Gasteiger partial charge in [-0.25, -0.2) is 4.98 Å². The van der Waals surface area contributed by atoms with E-state index < -0.39 is 0 Å². The normalized spacial score (nSPS) is 16.6. The Labute approximate surface area is 199 Å². The topological polar surface area (TPSA) is 67.0 Å². The molecule has 0 bridgehead atoms. The molecule has 170 valence electrons. The standard InChI is InChI=1S/C26H29N5OS/c27-9-1-10-28-23-5-2-20(3-6-23)16-25-18-29-26(33-25)31-11-8-21-4-7-24(17-22(21)19-31)30-12-14-32-15-13-30/h1-7,9-10,17-18H,8,11-16,19,27H2. The first kappa shape index (κ1) is 21.7. The van der Waals surface area contributed by atoms with Crippen molar-refractivity contribution in [1.29, 1.82) is 0 Å². The molecule has 3 aromatic rings. The van der Waals surface area contributed by atoms with Crippen molar-refractivity contribution in [3.8, 4) is 0 Å². The third-order valence-electron chi connectivity index (χ3n) is 6.13. The fraction of sp³-hybridized carbons (Fsp3) is 0.308. The first-order valence-corrected chi connectivity index (χ1v) is 12.2. The molecule has 7 heteroatoms. The molecule has 0 saturated carbocycles. The summed E-state index contributed by atoms with van der Waals surface area (Å²) in [5.74, 6) is 0. The van der Waals surface area contributed by atoms with Gasteiger partial charge in [0, 0.05) is 55.6 Å². The van der Waals surface area contributed by atoms with Crippen LogP contribution in [-0.2, 0) is 24.1 Å². The fourth-order valence-electron chi connectivity index (χ4n) is 4.33. The SMILES string of the molecule is NC=CC=Nc1ccc(Cc2cnc(N3CCc4ccc(N5CCOCC5)cc4C3)s2)cc1. The average Bonchev–Trinajstić information content (AvgIpc) is 3.33. The molecule has 0 amide bonds. The van der Waals surface area contributed by atoms with Gasteiger partial charge in [-0.05, 0) is 59.7 Å². The molecule has 2 aliphatic rings. The van der Waals surface area contributed by atoms with E-state index in [1.54, 1.807) is 23.6 Å². The van der Waals surface area contributed by atoms with Gasteiger partial charge in [-0.1, -0.05) is 18.2 Å². The lowest BCUT2D eigenvalue weighted by atomic mass is 9.99. The molecule has 0 atom stereocenters. The minimum Gasteiger partial charge on any atom is -0.405 e. The van der Waals surface area contributed by atoms with Gasteiger partial charge in [-0.15, -0.1) is 11.3 Å². The Morgan fingerprint density at radius 1 is 1.03 bits per heavy atom. The Hall–Kier alpha value is -3.16. The van der Waals surface area contributed by atoms with Gasteiger partial charge in [0.15, 0.2) is 5.13 Å². The highest BCUT2D eigenvalue weighted by molar-refractivity contribution is 7.15. The number of allylic oxidation sites excluding steroid dienone is 1. The van der Waals surface area contributed by atoms with E-state index in [4.69, 9.17) is 15.5 Å². The quantitative estimate of drug-likeness (QED) is 0.557. The van der Waals surface area contributed by atoms with Crippen LogP contribution in [0.15, 0.2) is 65.9 Å². The van der Waals surface area contributed by atoms with E-state index in [9.17, 15) is 0 Å². The predicted octanol–water partition coefficient (Wildman–Crippen LogP) is 4.31. The fourth-order valence-corrected chi connectivity index (χ4v) is 5.30. The second kappa shape index (κ2) is 10.2. The number of thiazole rings is 1. The van der Waals surface area contributed by atoms with E-state index in [-0.39, 0.29) is 0 Å². The number of rotatable bonds is 6. The smallest absolute Gasteiger partial charge is 0.185 e. The van der Waals surface area contributed by atoms with E-state index in [0.717, 1.165) is 63.1 Å². The first-order chi connectivity index (χ1) is 16.3. The van der Waals surface area contributed by atoms with E-state index in [0.29, 0.717) is 0 Å². The number of fused-ring (bicyclic) bond motifs is 1. The Balaban J connectivity index is 1.24. The molecule has 1 fully saturated rings. The Morgan fingerprint density at radius 2 is 1.88 bits per heavy atom. The van der Waals surface area contributed by atoms with Gasteiger partial charge in [0.2, 0.25) is 0 Å². The van der Waals surface area contributed by atoms with Crippen molar-refractivity contribution < 1.29 is 4.74 Å². The molecule has 2 N–H and O–H groups in total. The maximum atomic E-state index is 5.51. The molecule has 5 rings (SSSR count). The van der Waals surface area contributed by atoms with Crippen molar-refractivity contribution in [1.82, 2.24) is 4.98 Å². The van der Waals surface area contributed by atoms with Crippen LogP contribution in [-0.4, -0.2) is 44.0 Å². The summed E-state index contributed by atoms with van der Waals surface area (Å²) in [7, 11) is 0. The monoisotopic (exact) mass is 459 g/mol. The van der Waals surface area contributed by atoms with Crippen LogP contribution in [0.1, 0.15) is 21.6 Å². The molecule has 1 aromatic heterocycles. The number of hydrogen-bond donors (Lipinski definition) is 1. The molecule has 0 aliphatic carbocycles. The number of nitrogens with two attached hydrogens (primary N) is 1. The van der Waals surface area contributed by atoms with Crippen LogP contribution in [0.25, 0.3) is 0 Å². The largest absolute Gasteiger partial charge is 0.405 e. The molecule has 0 spiro atoms. The van der Waals surface area contributed by atoms with Crippen molar-refractivity contribution in [2.75, 3.05) is 42.6 Å². The Kier molecular flexibility index (Phi) is 6.69. The predicted molar refractivity (Wildman–Crippen MR) is 137 cm³/mol. The summed E-state index contributed by atoms with van der Waals surface area (Å²) in [6.07, 6.45) is 8.87. The lowest BCUT2D eigenvalue weighted by Crippen LogP contribution is -2.36. The van der Waals surface area contributed by atoms with Crippen LogP contribution in [0.2, 0.25) is 0 Å². The number of aromatic nitrogens is 1. The molecular weight excluding hydrogens is 430 g/mol. The zero-order chi connectivity index (χ0) is 22.5. The zero-order valence-electron chi connectivity index (χ0n) is 18.7. The van der Waals surface area contributed by atoms with Crippen molar-refractivity contribution in [3.05, 3.63) is 82.5 Å². The molecule has 2 aliphatic heterocycles. The molecule has 0 radical (unpaired) electrons. The van der Waals surface area contributed by atoms with Gasteiger partial charge >= 0.3 is 0 Å². The van der Waals surface area contributed by atoms with E-state index in [1.807, 2.05) is 18.3 Å². The third kappa shape index (κ3) is 5.26. The van der Waals surface area contributed by atoms with Crippen molar-refractivity contribution in [3.63, 3.8) is 0 Å². The average molecular weight is 460 g/mol. The van der Waals surface area contributed by atoms with E-state index in [2.05, 4.69) is 45.1 Å². The lowest BCUT2D eigenvalue weighted by Gasteiger charge is -2.32. The molecular formula is C26H29N5OS. The van der Waals surface area contributed by atoms with Crippen LogP contribution in [0.5, 0.6) is 0 Å². The van der Waals surface area contributed by atoms with Crippen LogP contribution in [0, 0.1) is 0 Å². The number of morpholine rings is 1. The van der Waals surface area contributed by atoms with E-state index >= 15 is 0 Å². The van der Waals surface area contributed by atoms with Crippen LogP contribution < -0.4 is 15.5 Å². The van der Waals surface area contributed by atoms with Crippen LogP contribution in [0.4, 0.5) is 16.5 Å². The highest BCUT2D eigenvalue weighted by Crippen LogP contribution is 2.31. The number of benzene rings is 2. The summed E-state index contributed by atoms with van der Waals surface area (Å²) in [5.41, 5.74) is 11.7. The number of hydrogen-bond acceptors (Lipinski definition) is 7. The summed E-state index contributed by atoms with van der Waals surface area (Å²) in [6, 6.07) is 15.3. The van der Waals surface area contributed by atoms with Crippen LogP contribution in [0.3, 0.4) is 0 Å². The molecule has 1 saturated heterocycles. The van der Waals surface area contributed by atoms with Gasteiger partial charge in [-0.2, -0.15) is 0 Å². The summed E-state index contributed by atoms with van der Waals surface area (Å²) in [6.45, 7) is 5.50. The molecule has 2 aromatic carbocycles. The highest BCUT2D eigenvalue weighted by atomic mass is 32.1. The van der Waals surface area contributed by atoms with Crippen LogP contribution >= 0.6 is 11.3 Å². The minimum absolute atomic E-state index is 0.812. The van der Waals surface area contributed by atoms with Gasteiger partial charge in [0.1, 0.15) is 0 Å². The Morgan fingerprint density at radius 3 is 2.70 bits per heavy atom. The molecule has 6 nitrogen and oxygen atoms in total. The van der Waals surface area contributed by atoms with Crippen molar-refractivity contribution in [2.24, 2.45) is 10.7 Å². The van der Waals surface area contributed by atoms with Gasteiger partial charge < -0.3 is 20.3 Å². The number of nitrogens with zero attached hydrogens (tertiary/aromatic N) is 4. The second-order valence-electron chi connectivity index (χ2n) is 8.34. The summed E-state index contributed by atoms with van der Waals surface area (Å²) in [5, 5.41) is 1.11.